The van der Waals surface area contributed by atoms with Crippen molar-refractivity contribution in [2.24, 2.45) is 0 Å². The molecule has 1 aliphatic heterocycles. The summed E-state index contributed by atoms with van der Waals surface area (Å²) in [5.41, 5.74) is 1.89. The predicted molar refractivity (Wildman–Crippen MR) is 109 cm³/mol. The second kappa shape index (κ2) is 8.45. The minimum absolute atomic E-state index is 0.0834. The molecule has 1 aromatic carbocycles. The van der Waals surface area contributed by atoms with Crippen LogP contribution in [0.4, 0.5) is 5.82 Å². The Morgan fingerprint density at radius 3 is 2.46 bits per heavy atom. The van der Waals surface area contributed by atoms with Gasteiger partial charge in [0.2, 0.25) is 0 Å². The lowest BCUT2D eigenvalue weighted by atomic mass is 10.1. The first-order chi connectivity index (χ1) is 13.6. The van der Waals surface area contributed by atoms with Gasteiger partial charge in [0.15, 0.2) is 0 Å². The van der Waals surface area contributed by atoms with Gasteiger partial charge >= 0.3 is 0 Å². The highest BCUT2D eigenvalue weighted by molar-refractivity contribution is 6.03. The van der Waals surface area contributed by atoms with E-state index in [-0.39, 0.29) is 18.1 Å². The van der Waals surface area contributed by atoms with Gasteiger partial charge in [-0.25, -0.2) is 4.68 Å². The molecule has 2 atom stereocenters. The fourth-order valence-electron chi connectivity index (χ4n) is 4.47. The van der Waals surface area contributed by atoms with Crippen molar-refractivity contribution in [2.75, 3.05) is 18.4 Å². The normalized spacial score (nSPS) is 23.8. The van der Waals surface area contributed by atoms with Crippen molar-refractivity contribution >= 4 is 11.7 Å². The summed E-state index contributed by atoms with van der Waals surface area (Å²) in [6.45, 7) is 7.00. The van der Waals surface area contributed by atoms with Gasteiger partial charge in [0.25, 0.3) is 5.91 Å². The van der Waals surface area contributed by atoms with E-state index in [4.69, 9.17) is 4.74 Å². The number of hydrogen-bond donors (Lipinski definition) is 1. The third-order valence-corrected chi connectivity index (χ3v) is 5.70. The molecule has 1 saturated heterocycles. The number of rotatable bonds is 5. The molecule has 6 nitrogen and oxygen atoms in total. The lowest BCUT2D eigenvalue weighted by molar-refractivity contribution is -0.0704. The molecule has 0 spiro atoms. The molecule has 28 heavy (non-hydrogen) atoms. The van der Waals surface area contributed by atoms with E-state index in [9.17, 15) is 4.79 Å². The van der Waals surface area contributed by atoms with Gasteiger partial charge in [0.1, 0.15) is 5.82 Å². The van der Waals surface area contributed by atoms with E-state index < -0.39 is 0 Å². The summed E-state index contributed by atoms with van der Waals surface area (Å²) in [6, 6.07) is 10.2. The van der Waals surface area contributed by atoms with Gasteiger partial charge in [-0.05, 0) is 44.4 Å². The Labute approximate surface area is 166 Å². The van der Waals surface area contributed by atoms with E-state index in [1.807, 2.05) is 35.0 Å². The number of carbonyl (C=O) groups excluding carboxylic acids is 1. The first-order valence-corrected chi connectivity index (χ1v) is 10.4. The highest BCUT2D eigenvalue weighted by Gasteiger charge is 2.23. The van der Waals surface area contributed by atoms with Crippen molar-refractivity contribution in [1.29, 1.82) is 0 Å². The quantitative estimate of drug-likeness (QED) is 0.853. The maximum atomic E-state index is 12.7. The number of aromatic nitrogens is 2. The molecule has 2 unspecified atom stereocenters. The van der Waals surface area contributed by atoms with Crippen molar-refractivity contribution < 1.29 is 9.53 Å². The summed E-state index contributed by atoms with van der Waals surface area (Å²) >= 11 is 0. The van der Waals surface area contributed by atoms with E-state index in [1.165, 1.54) is 18.4 Å². The Morgan fingerprint density at radius 1 is 1.11 bits per heavy atom. The highest BCUT2D eigenvalue weighted by Crippen LogP contribution is 2.31. The fourth-order valence-corrected chi connectivity index (χ4v) is 4.47. The molecule has 1 N–H and O–H groups in total. The van der Waals surface area contributed by atoms with Gasteiger partial charge in [-0.1, -0.05) is 25.0 Å². The number of morpholine rings is 1. The molecule has 6 heteroatoms. The molecular weight excluding hydrogens is 352 g/mol. The third-order valence-electron chi connectivity index (χ3n) is 5.70. The van der Waals surface area contributed by atoms with E-state index in [2.05, 4.69) is 29.2 Å². The van der Waals surface area contributed by atoms with E-state index >= 15 is 0 Å². The maximum absolute atomic E-state index is 12.7. The molecule has 1 saturated carbocycles. The zero-order valence-electron chi connectivity index (χ0n) is 16.8. The van der Waals surface area contributed by atoms with Crippen LogP contribution in [0.3, 0.4) is 0 Å². The SMILES string of the molecule is CC1CN(Cc2ccc(C(=O)Nc3ccnn3C3CCCC3)cc2)CC(C)O1. The van der Waals surface area contributed by atoms with Crippen molar-refractivity contribution in [3.05, 3.63) is 47.7 Å². The highest BCUT2D eigenvalue weighted by atomic mass is 16.5. The average Bonchev–Trinajstić information content (AvgIpc) is 3.32. The van der Waals surface area contributed by atoms with Crippen LogP contribution in [0.2, 0.25) is 0 Å². The number of carbonyl (C=O) groups is 1. The Kier molecular flexibility index (Phi) is 5.78. The first kappa shape index (κ1) is 19.2. The fraction of sp³-hybridized carbons (Fsp3) is 0.545. The minimum Gasteiger partial charge on any atom is -0.373 e. The smallest absolute Gasteiger partial charge is 0.256 e. The summed E-state index contributed by atoms with van der Waals surface area (Å²) in [4.78, 5) is 15.1. The molecule has 1 aromatic heterocycles. The largest absolute Gasteiger partial charge is 0.373 e. The second-order valence-electron chi connectivity index (χ2n) is 8.20. The topological polar surface area (TPSA) is 59.4 Å². The van der Waals surface area contributed by atoms with E-state index in [0.717, 1.165) is 38.3 Å². The van der Waals surface area contributed by atoms with Crippen molar-refractivity contribution in [3.8, 4) is 0 Å². The van der Waals surface area contributed by atoms with Gasteiger partial charge in [-0.15, -0.1) is 0 Å². The van der Waals surface area contributed by atoms with Crippen LogP contribution in [0.5, 0.6) is 0 Å². The summed E-state index contributed by atoms with van der Waals surface area (Å²) in [5, 5.41) is 7.45. The number of nitrogens with zero attached hydrogens (tertiary/aromatic N) is 3. The average molecular weight is 383 g/mol. The second-order valence-corrected chi connectivity index (χ2v) is 8.20. The van der Waals surface area contributed by atoms with Crippen molar-refractivity contribution in [3.63, 3.8) is 0 Å². The number of benzene rings is 1. The molecule has 0 bridgehead atoms. The molecule has 150 valence electrons. The molecular formula is C22H30N4O2. The number of ether oxygens (including phenoxy) is 1. The summed E-state index contributed by atoms with van der Waals surface area (Å²) in [7, 11) is 0. The molecule has 2 aliphatic rings. The standard InChI is InChI=1S/C22H30N4O2/c1-16-13-25(14-17(2)28-16)15-18-7-9-19(10-8-18)22(27)24-21-11-12-23-26(21)20-5-3-4-6-20/h7-12,16-17,20H,3-6,13-15H2,1-2H3,(H,24,27). The molecule has 2 heterocycles. The number of anilines is 1. The lowest BCUT2D eigenvalue weighted by Crippen LogP contribution is -2.44. The molecule has 1 aliphatic carbocycles. The van der Waals surface area contributed by atoms with Crippen LogP contribution in [-0.2, 0) is 11.3 Å². The summed E-state index contributed by atoms with van der Waals surface area (Å²) in [5.74, 6) is 0.706. The Bertz CT molecular complexity index is 785. The predicted octanol–water partition coefficient (Wildman–Crippen LogP) is 3.86. The Hall–Kier alpha value is -2.18. The monoisotopic (exact) mass is 382 g/mol. The Morgan fingerprint density at radius 2 is 1.79 bits per heavy atom. The van der Waals surface area contributed by atoms with Crippen LogP contribution in [0.15, 0.2) is 36.5 Å². The summed E-state index contributed by atoms with van der Waals surface area (Å²) in [6.07, 6.45) is 7.04. The lowest BCUT2D eigenvalue weighted by Gasteiger charge is -2.35. The first-order valence-electron chi connectivity index (χ1n) is 10.4. The number of nitrogens with one attached hydrogen (secondary N) is 1. The van der Waals surface area contributed by atoms with Crippen LogP contribution >= 0.6 is 0 Å². The van der Waals surface area contributed by atoms with Gasteiger partial charge in [0, 0.05) is 31.3 Å². The third kappa shape index (κ3) is 4.45. The number of amides is 1. The van der Waals surface area contributed by atoms with Crippen molar-refractivity contribution in [2.45, 2.75) is 64.3 Å². The van der Waals surface area contributed by atoms with Crippen LogP contribution in [0.25, 0.3) is 0 Å². The molecule has 2 aromatic rings. The van der Waals surface area contributed by atoms with Crippen LogP contribution in [0, 0.1) is 0 Å². The molecule has 2 fully saturated rings. The molecule has 1 amide bonds. The van der Waals surface area contributed by atoms with Crippen LogP contribution in [0.1, 0.15) is 61.5 Å². The van der Waals surface area contributed by atoms with Crippen LogP contribution in [-0.4, -0.2) is 45.9 Å². The van der Waals surface area contributed by atoms with Crippen LogP contribution < -0.4 is 5.32 Å². The Balaban J connectivity index is 1.37. The zero-order chi connectivity index (χ0) is 19.5. The van der Waals surface area contributed by atoms with Gasteiger partial charge in [0.05, 0.1) is 24.4 Å². The van der Waals surface area contributed by atoms with Gasteiger partial charge in [-0.3, -0.25) is 9.69 Å². The number of hydrogen-bond acceptors (Lipinski definition) is 4. The van der Waals surface area contributed by atoms with Gasteiger partial charge < -0.3 is 10.1 Å². The summed E-state index contributed by atoms with van der Waals surface area (Å²) < 4.78 is 7.77. The van der Waals surface area contributed by atoms with Crippen molar-refractivity contribution in [1.82, 2.24) is 14.7 Å². The zero-order valence-corrected chi connectivity index (χ0v) is 16.8. The molecule has 4 rings (SSSR count). The van der Waals surface area contributed by atoms with E-state index in [0.29, 0.717) is 11.6 Å². The molecule has 0 radical (unpaired) electrons. The minimum atomic E-state index is -0.0834. The maximum Gasteiger partial charge on any atom is 0.256 e. The van der Waals surface area contributed by atoms with Gasteiger partial charge in [-0.2, -0.15) is 5.10 Å². The van der Waals surface area contributed by atoms with E-state index in [1.54, 1.807) is 6.20 Å².